The zero-order chi connectivity index (χ0) is 14.4. The lowest BCUT2D eigenvalue weighted by molar-refractivity contribution is -0.115. The van der Waals surface area contributed by atoms with E-state index in [0.717, 1.165) is 3.57 Å². The number of hydrogen-bond acceptors (Lipinski definition) is 3. The Balaban J connectivity index is 1.88. The van der Waals surface area contributed by atoms with Gasteiger partial charge in [-0.1, -0.05) is 18.2 Å². The molecule has 0 aliphatic rings. The molecule has 1 aromatic carbocycles. The Morgan fingerprint density at radius 2 is 1.85 bits per heavy atom. The summed E-state index contributed by atoms with van der Waals surface area (Å²) < 4.78 is 0.840. The van der Waals surface area contributed by atoms with Crippen LogP contribution in [0.4, 0.5) is 5.82 Å². The van der Waals surface area contributed by atoms with Crippen LogP contribution in [0.25, 0.3) is 0 Å². The fraction of sp³-hybridized carbons (Fsp3) is 0.0714. The predicted molar refractivity (Wildman–Crippen MR) is 84.4 cm³/mol. The number of anilines is 1. The molecule has 1 aromatic heterocycles. The summed E-state index contributed by atoms with van der Waals surface area (Å²) in [5, 5.41) is 5.17. The van der Waals surface area contributed by atoms with Crippen molar-refractivity contribution < 1.29 is 9.59 Å². The molecule has 102 valence electrons. The fourth-order valence-electron chi connectivity index (χ4n) is 1.52. The summed E-state index contributed by atoms with van der Waals surface area (Å²) in [6.45, 7) is -0.0968. The van der Waals surface area contributed by atoms with E-state index in [-0.39, 0.29) is 18.4 Å². The second-order valence-electron chi connectivity index (χ2n) is 3.93. The van der Waals surface area contributed by atoms with E-state index in [9.17, 15) is 9.59 Å². The monoisotopic (exact) mass is 381 g/mol. The molecule has 2 aromatic rings. The van der Waals surface area contributed by atoms with E-state index in [4.69, 9.17) is 0 Å². The van der Waals surface area contributed by atoms with Gasteiger partial charge >= 0.3 is 0 Å². The minimum absolute atomic E-state index is 0.0968. The number of pyridine rings is 1. The number of aromatic nitrogens is 1. The Hall–Kier alpha value is -1.96. The van der Waals surface area contributed by atoms with Gasteiger partial charge in [-0.05, 0) is 46.9 Å². The van der Waals surface area contributed by atoms with Gasteiger partial charge in [0.1, 0.15) is 5.82 Å². The normalized spacial score (nSPS) is 9.85. The standard InChI is InChI=1S/C14H12IN3O2/c15-11-6-2-1-5-10(11)14(20)17-9-13(19)18-12-7-3-4-8-16-12/h1-8H,9H2,(H,17,20)(H,16,18,19). The Labute approximate surface area is 129 Å². The fourth-order valence-corrected chi connectivity index (χ4v) is 2.16. The van der Waals surface area contributed by atoms with Gasteiger partial charge in [-0.3, -0.25) is 9.59 Å². The highest BCUT2D eigenvalue weighted by atomic mass is 127. The Bertz CT molecular complexity index is 617. The van der Waals surface area contributed by atoms with Crippen molar-refractivity contribution >= 4 is 40.2 Å². The first-order valence-corrected chi connectivity index (χ1v) is 6.98. The molecule has 0 saturated carbocycles. The Kier molecular flexibility index (Phi) is 5.05. The molecule has 6 heteroatoms. The second kappa shape index (κ2) is 6.99. The largest absolute Gasteiger partial charge is 0.343 e. The van der Waals surface area contributed by atoms with Crippen molar-refractivity contribution in [3.63, 3.8) is 0 Å². The molecule has 2 amide bonds. The van der Waals surface area contributed by atoms with Crippen LogP contribution in [-0.4, -0.2) is 23.3 Å². The SMILES string of the molecule is O=C(CNC(=O)c1ccccc1I)Nc1ccccn1. The van der Waals surface area contributed by atoms with Crippen molar-refractivity contribution in [2.45, 2.75) is 0 Å². The molecule has 2 rings (SSSR count). The van der Waals surface area contributed by atoms with E-state index in [1.807, 2.05) is 12.1 Å². The minimum Gasteiger partial charge on any atom is -0.343 e. The third kappa shape index (κ3) is 4.02. The van der Waals surface area contributed by atoms with Crippen molar-refractivity contribution in [2.24, 2.45) is 0 Å². The zero-order valence-corrected chi connectivity index (χ0v) is 12.6. The van der Waals surface area contributed by atoms with Crippen LogP contribution in [0.3, 0.4) is 0 Å². The first-order valence-electron chi connectivity index (χ1n) is 5.90. The van der Waals surface area contributed by atoms with Crippen LogP contribution in [0.15, 0.2) is 48.7 Å². The van der Waals surface area contributed by atoms with Gasteiger partial charge in [0.2, 0.25) is 5.91 Å². The van der Waals surface area contributed by atoms with Crippen LogP contribution in [-0.2, 0) is 4.79 Å². The molecule has 0 saturated heterocycles. The van der Waals surface area contributed by atoms with Gasteiger partial charge in [-0.25, -0.2) is 4.98 Å². The van der Waals surface area contributed by atoms with Crippen LogP contribution < -0.4 is 10.6 Å². The molecular weight excluding hydrogens is 369 g/mol. The van der Waals surface area contributed by atoms with E-state index in [1.54, 1.807) is 36.5 Å². The van der Waals surface area contributed by atoms with E-state index in [0.29, 0.717) is 11.4 Å². The third-order valence-corrected chi connectivity index (χ3v) is 3.40. The third-order valence-electron chi connectivity index (χ3n) is 2.46. The Morgan fingerprint density at radius 3 is 2.55 bits per heavy atom. The van der Waals surface area contributed by atoms with Gasteiger partial charge in [-0.2, -0.15) is 0 Å². The highest BCUT2D eigenvalue weighted by Crippen LogP contribution is 2.10. The van der Waals surface area contributed by atoms with Gasteiger partial charge in [0, 0.05) is 9.77 Å². The summed E-state index contributed by atoms with van der Waals surface area (Å²) in [4.78, 5) is 27.5. The number of nitrogens with one attached hydrogen (secondary N) is 2. The quantitative estimate of drug-likeness (QED) is 0.797. The van der Waals surface area contributed by atoms with Crippen LogP contribution in [0.1, 0.15) is 10.4 Å². The van der Waals surface area contributed by atoms with Gasteiger partial charge in [-0.15, -0.1) is 0 Å². The molecule has 0 bridgehead atoms. The zero-order valence-electron chi connectivity index (χ0n) is 10.5. The van der Waals surface area contributed by atoms with Crippen molar-refractivity contribution in [1.82, 2.24) is 10.3 Å². The predicted octanol–water partition coefficient (Wildman–Crippen LogP) is 2.05. The first kappa shape index (κ1) is 14.4. The van der Waals surface area contributed by atoms with Crippen molar-refractivity contribution in [1.29, 1.82) is 0 Å². The smallest absolute Gasteiger partial charge is 0.252 e. The van der Waals surface area contributed by atoms with Crippen LogP contribution in [0.5, 0.6) is 0 Å². The number of rotatable bonds is 4. The van der Waals surface area contributed by atoms with E-state index in [1.165, 1.54) is 0 Å². The lowest BCUT2D eigenvalue weighted by atomic mass is 10.2. The van der Waals surface area contributed by atoms with Crippen molar-refractivity contribution in [3.05, 3.63) is 57.8 Å². The van der Waals surface area contributed by atoms with E-state index < -0.39 is 0 Å². The van der Waals surface area contributed by atoms with Crippen molar-refractivity contribution in [3.8, 4) is 0 Å². The average Bonchev–Trinajstić information content (AvgIpc) is 2.46. The maximum atomic E-state index is 11.9. The molecule has 0 spiro atoms. The molecule has 0 radical (unpaired) electrons. The van der Waals surface area contributed by atoms with Crippen LogP contribution in [0.2, 0.25) is 0 Å². The first-order chi connectivity index (χ1) is 9.66. The molecule has 1 heterocycles. The lowest BCUT2D eigenvalue weighted by Crippen LogP contribution is -2.33. The molecule has 2 N–H and O–H groups in total. The topological polar surface area (TPSA) is 71.1 Å². The molecular formula is C14H12IN3O2. The number of benzene rings is 1. The molecule has 0 unspecified atom stereocenters. The highest BCUT2D eigenvalue weighted by molar-refractivity contribution is 14.1. The summed E-state index contributed by atoms with van der Waals surface area (Å²) in [7, 11) is 0. The number of hydrogen-bond donors (Lipinski definition) is 2. The van der Waals surface area contributed by atoms with Gasteiger partial charge < -0.3 is 10.6 Å². The maximum Gasteiger partial charge on any atom is 0.252 e. The summed E-state index contributed by atoms with van der Waals surface area (Å²) >= 11 is 2.08. The van der Waals surface area contributed by atoms with Crippen LogP contribution >= 0.6 is 22.6 Å². The number of amides is 2. The highest BCUT2D eigenvalue weighted by Gasteiger charge is 2.10. The van der Waals surface area contributed by atoms with Gasteiger partial charge in [0.15, 0.2) is 0 Å². The number of carbonyl (C=O) groups is 2. The molecule has 5 nitrogen and oxygen atoms in total. The lowest BCUT2D eigenvalue weighted by Gasteiger charge is -2.07. The van der Waals surface area contributed by atoms with E-state index in [2.05, 4.69) is 38.2 Å². The Morgan fingerprint density at radius 1 is 1.10 bits per heavy atom. The number of carbonyl (C=O) groups excluding carboxylic acids is 2. The molecule has 20 heavy (non-hydrogen) atoms. The van der Waals surface area contributed by atoms with Gasteiger partial charge in [0.05, 0.1) is 12.1 Å². The van der Waals surface area contributed by atoms with Crippen molar-refractivity contribution in [2.75, 3.05) is 11.9 Å². The second-order valence-corrected chi connectivity index (χ2v) is 5.09. The number of nitrogens with zero attached hydrogens (tertiary/aromatic N) is 1. The molecule has 0 aliphatic carbocycles. The summed E-state index contributed by atoms with van der Waals surface area (Å²) in [5.41, 5.74) is 0.554. The minimum atomic E-state index is -0.317. The number of halogens is 1. The molecule has 0 aliphatic heterocycles. The van der Waals surface area contributed by atoms with Gasteiger partial charge in [0.25, 0.3) is 5.91 Å². The van der Waals surface area contributed by atoms with E-state index >= 15 is 0 Å². The molecule has 0 fully saturated rings. The maximum absolute atomic E-state index is 11.9. The summed E-state index contributed by atoms with van der Waals surface area (Å²) in [5.74, 6) is -0.129. The summed E-state index contributed by atoms with van der Waals surface area (Å²) in [6.07, 6.45) is 1.58. The molecule has 0 atom stereocenters. The average molecular weight is 381 g/mol. The summed E-state index contributed by atoms with van der Waals surface area (Å²) in [6, 6.07) is 12.4. The van der Waals surface area contributed by atoms with Crippen LogP contribution in [0, 0.1) is 3.57 Å².